The van der Waals surface area contributed by atoms with Crippen molar-refractivity contribution in [2.75, 3.05) is 0 Å². The van der Waals surface area contributed by atoms with E-state index in [1.807, 2.05) is 0 Å². The molecule has 0 saturated heterocycles. The summed E-state index contributed by atoms with van der Waals surface area (Å²) >= 11 is 0. The van der Waals surface area contributed by atoms with Crippen molar-refractivity contribution in [3.63, 3.8) is 0 Å². The van der Waals surface area contributed by atoms with Crippen molar-refractivity contribution in [2.24, 2.45) is 5.92 Å². The molecule has 0 radical (unpaired) electrons. The highest BCUT2D eigenvalue weighted by Gasteiger charge is 2.23. The molecule has 8 heteroatoms. The maximum atomic E-state index is 13.2. The first-order valence-electron chi connectivity index (χ1n) is 6.18. The van der Waals surface area contributed by atoms with Crippen LogP contribution >= 0.6 is 0 Å². The van der Waals surface area contributed by atoms with Crippen LogP contribution in [0.4, 0.5) is 10.1 Å². The van der Waals surface area contributed by atoms with E-state index in [2.05, 4.69) is 5.32 Å². The lowest BCUT2D eigenvalue weighted by Crippen LogP contribution is -2.44. The van der Waals surface area contributed by atoms with Crippen LogP contribution in [0.1, 0.15) is 19.4 Å². The van der Waals surface area contributed by atoms with Crippen LogP contribution in [0.5, 0.6) is 0 Å². The Kier molecular flexibility index (Phi) is 5.34. The molecule has 1 rings (SSSR count). The van der Waals surface area contributed by atoms with Crippen LogP contribution in [0, 0.1) is 21.8 Å². The molecule has 0 saturated carbocycles. The van der Waals surface area contributed by atoms with E-state index < -0.39 is 40.3 Å². The van der Waals surface area contributed by atoms with Crippen molar-refractivity contribution in [2.45, 2.75) is 26.3 Å². The second-order valence-corrected chi connectivity index (χ2v) is 4.80. The van der Waals surface area contributed by atoms with Crippen LogP contribution in [0.25, 0.3) is 0 Å². The van der Waals surface area contributed by atoms with Crippen molar-refractivity contribution in [1.82, 2.24) is 5.32 Å². The monoisotopic (exact) mass is 298 g/mol. The Morgan fingerprint density at radius 2 is 2.05 bits per heavy atom. The number of carboxylic acids is 1. The lowest BCUT2D eigenvalue weighted by molar-refractivity contribution is -0.387. The smallest absolute Gasteiger partial charge is 0.326 e. The van der Waals surface area contributed by atoms with E-state index in [4.69, 9.17) is 5.11 Å². The fourth-order valence-corrected chi connectivity index (χ4v) is 1.60. The molecule has 114 valence electrons. The molecule has 1 amide bonds. The van der Waals surface area contributed by atoms with Gasteiger partial charge in [-0.25, -0.2) is 4.79 Å². The molecule has 1 atom stereocenters. The SMILES string of the molecule is CC(C)C(=O)N[C@H](Cc1ccc(F)c([N+](=O)[O-])c1)C(=O)O. The Morgan fingerprint density at radius 1 is 1.43 bits per heavy atom. The van der Waals surface area contributed by atoms with Crippen molar-refractivity contribution in [3.8, 4) is 0 Å². The summed E-state index contributed by atoms with van der Waals surface area (Å²) in [6.07, 6.45) is -0.172. The van der Waals surface area contributed by atoms with Crippen LogP contribution in [0.2, 0.25) is 0 Å². The van der Waals surface area contributed by atoms with Gasteiger partial charge in [0, 0.05) is 18.4 Å². The van der Waals surface area contributed by atoms with Crippen LogP contribution in [-0.4, -0.2) is 27.9 Å². The molecule has 0 aliphatic heterocycles. The minimum Gasteiger partial charge on any atom is -0.480 e. The maximum absolute atomic E-state index is 13.2. The number of benzene rings is 1. The quantitative estimate of drug-likeness (QED) is 0.611. The van der Waals surface area contributed by atoms with Crippen LogP contribution < -0.4 is 5.32 Å². The average Bonchev–Trinajstić information content (AvgIpc) is 2.39. The molecule has 21 heavy (non-hydrogen) atoms. The lowest BCUT2D eigenvalue weighted by atomic mass is 10.0. The number of carboxylic acid groups (broad SMARTS) is 1. The van der Waals surface area contributed by atoms with E-state index in [0.717, 1.165) is 12.1 Å². The van der Waals surface area contributed by atoms with Crippen molar-refractivity contribution >= 4 is 17.6 Å². The fourth-order valence-electron chi connectivity index (χ4n) is 1.60. The summed E-state index contributed by atoms with van der Waals surface area (Å²) < 4.78 is 13.2. The first-order chi connectivity index (χ1) is 9.72. The number of nitrogens with one attached hydrogen (secondary N) is 1. The third-order valence-electron chi connectivity index (χ3n) is 2.79. The Morgan fingerprint density at radius 3 is 2.52 bits per heavy atom. The average molecular weight is 298 g/mol. The van der Waals surface area contributed by atoms with Gasteiger partial charge in [-0.2, -0.15) is 4.39 Å². The standard InChI is InChI=1S/C13H15FN2O5/c1-7(2)12(17)15-10(13(18)19)5-8-3-4-9(14)11(6-8)16(20)21/h3-4,6-7,10H,5H2,1-2H3,(H,15,17)(H,18,19)/t10-/m1/s1. The molecule has 0 spiro atoms. The van der Waals surface area contributed by atoms with Gasteiger partial charge in [0.1, 0.15) is 6.04 Å². The Balaban J connectivity index is 2.94. The van der Waals surface area contributed by atoms with Crippen molar-refractivity contribution in [3.05, 3.63) is 39.7 Å². The van der Waals surface area contributed by atoms with Crippen LogP contribution in [0.15, 0.2) is 18.2 Å². The van der Waals surface area contributed by atoms with Gasteiger partial charge in [-0.3, -0.25) is 14.9 Å². The third kappa shape index (κ3) is 4.51. The number of nitrogens with zero attached hydrogens (tertiary/aromatic N) is 1. The zero-order chi connectivity index (χ0) is 16.2. The largest absolute Gasteiger partial charge is 0.480 e. The zero-order valence-electron chi connectivity index (χ0n) is 11.5. The van der Waals surface area contributed by atoms with E-state index in [1.165, 1.54) is 6.07 Å². The molecule has 0 heterocycles. The molecule has 0 unspecified atom stereocenters. The lowest BCUT2D eigenvalue weighted by Gasteiger charge is -2.16. The van der Waals surface area contributed by atoms with Gasteiger partial charge in [0.15, 0.2) is 0 Å². The highest BCUT2D eigenvalue weighted by atomic mass is 19.1. The predicted octanol–water partition coefficient (Wildman–Crippen LogP) is 1.50. The minimum atomic E-state index is -1.27. The van der Waals surface area contributed by atoms with Gasteiger partial charge in [-0.1, -0.05) is 19.9 Å². The molecule has 0 fully saturated rings. The van der Waals surface area contributed by atoms with Gasteiger partial charge in [-0.15, -0.1) is 0 Å². The number of hydrogen-bond acceptors (Lipinski definition) is 4. The van der Waals surface area contributed by atoms with Gasteiger partial charge < -0.3 is 10.4 Å². The van der Waals surface area contributed by atoms with Crippen LogP contribution in [-0.2, 0) is 16.0 Å². The molecule has 0 aliphatic rings. The molecule has 0 bridgehead atoms. The second-order valence-electron chi connectivity index (χ2n) is 4.80. The molecule has 0 aromatic heterocycles. The number of nitro benzene ring substituents is 1. The highest BCUT2D eigenvalue weighted by molar-refractivity contribution is 5.84. The van der Waals surface area contributed by atoms with Crippen molar-refractivity contribution in [1.29, 1.82) is 0 Å². The second kappa shape index (κ2) is 6.78. The van der Waals surface area contributed by atoms with Gasteiger partial charge >= 0.3 is 11.7 Å². The number of halogens is 1. The molecule has 7 nitrogen and oxygen atoms in total. The van der Waals surface area contributed by atoms with E-state index in [1.54, 1.807) is 13.8 Å². The van der Waals surface area contributed by atoms with E-state index in [9.17, 15) is 24.1 Å². The van der Waals surface area contributed by atoms with E-state index in [0.29, 0.717) is 0 Å². The number of aliphatic carboxylic acids is 1. The summed E-state index contributed by atoms with van der Waals surface area (Å²) in [4.78, 5) is 32.4. The molecule has 1 aromatic carbocycles. The topological polar surface area (TPSA) is 110 Å². The summed E-state index contributed by atoms with van der Waals surface area (Å²) in [6.45, 7) is 3.22. The molecular weight excluding hydrogens is 283 g/mol. The Labute approximate surface area is 119 Å². The molecule has 1 aromatic rings. The molecule has 0 aliphatic carbocycles. The van der Waals surface area contributed by atoms with Crippen LogP contribution in [0.3, 0.4) is 0 Å². The first-order valence-corrected chi connectivity index (χ1v) is 6.18. The summed E-state index contributed by atoms with van der Waals surface area (Å²) in [5.41, 5.74) is -0.480. The van der Waals surface area contributed by atoms with E-state index >= 15 is 0 Å². The number of nitro groups is 1. The first kappa shape index (κ1) is 16.5. The summed E-state index contributed by atoms with van der Waals surface area (Å²) in [5, 5.41) is 22.0. The van der Waals surface area contributed by atoms with Crippen molar-refractivity contribution < 1.29 is 24.0 Å². The zero-order valence-corrected chi connectivity index (χ0v) is 11.5. The summed E-state index contributed by atoms with van der Waals surface area (Å²) in [5.74, 6) is -3.11. The predicted molar refractivity (Wildman–Crippen MR) is 71.2 cm³/mol. The number of carbonyl (C=O) groups is 2. The summed E-state index contributed by atoms with van der Waals surface area (Å²) in [7, 11) is 0. The molecule has 2 N–H and O–H groups in total. The number of carbonyl (C=O) groups excluding carboxylic acids is 1. The third-order valence-corrected chi connectivity index (χ3v) is 2.79. The Hall–Kier alpha value is -2.51. The van der Waals surface area contributed by atoms with E-state index in [-0.39, 0.29) is 12.0 Å². The number of hydrogen-bond donors (Lipinski definition) is 2. The number of amides is 1. The van der Waals surface area contributed by atoms with Gasteiger partial charge in [-0.05, 0) is 11.6 Å². The molecular formula is C13H15FN2O5. The van der Waals surface area contributed by atoms with Gasteiger partial charge in [0.2, 0.25) is 11.7 Å². The summed E-state index contributed by atoms with van der Waals surface area (Å²) in [6, 6.07) is 1.88. The fraction of sp³-hybridized carbons (Fsp3) is 0.385. The minimum absolute atomic E-state index is 0.172. The highest BCUT2D eigenvalue weighted by Crippen LogP contribution is 2.19. The van der Waals surface area contributed by atoms with Gasteiger partial charge in [0.05, 0.1) is 4.92 Å². The van der Waals surface area contributed by atoms with Gasteiger partial charge in [0.25, 0.3) is 0 Å². The maximum Gasteiger partial charge on any atom is 0.326 e. The Bertz CT molecular complexity index is 574. The number of rotatable bonds is 6. The normalized spacial score (nSPS) is 12.0.